The number of aliphatic carboxylic acids is 1. The molecule has 3 N–H and O–H groups in total. The van der Waals surface area contributed by atoms with Gasteiger partial charge in [0.15, 0.2) is 0 Å². The average Bonchev–Trinajstić information content (AvgIpc) is 2.40. The fourth-order valence-corrected chi connectivity index (χ4v) is 2.20. The monoisotopic (exact) mass is 265 g/mol. The summed E-state index contributed by atoms with van der Waals surface area (Å²) >= 11 is 0. The van der Waals surface area contributed by atoms with Crippen molar-refractivity contribution in [2.45, 2.75) is 32.6 Å². The summed E-state index contributed by atoms with van der Waals surface area (Å²) in [5, 5.41) is 9.10. The van der Waals surface area contributed by atoms with Crippen molar-refractivity contribution < 1.29 is 14.6 Å². The molecule has 0 heterocycles. The molecule has 0 aliphatic rings. The molecule has 2 unspecified atom stereocenters. The molecule has 0 aromatic heterocycles. The lowest BCUT2D eigenvalue weighted by Crippen LogP contribution is -2.25. The first kappa shape index (κ1) is 15.5. The molecule has 1 rings (SSSR count). The van der Waals surface area contributed by atoms with Crippen molar-refractivity contribution in [2.75, 3.05) is 13.2 Å². The first-order valence-electron chi connectivity index (χ1n) is 6.77. The van der Waals surface area contributed by atoms with E-state index in [4.69, 9.17) is 15.6 Å². The minimum absolute atomic E-state index is 0.178. The molecular formula is C15H23NO3. The van der Waals surface area contributed by atoms with Crippen molar-refractivity contribution in [2.24, 2.45) is 11.7 Å². The fourth-order valence-electron chi connectivity index (χ4n) is 2.20. The Morgan fingerprint density at radius 1 is 1.42 bits per heavy atom. The number of hydrogen-bond donors (Lipinski definition) is 2. The van der Waals surface area contributed by atoms with Gasteiger partial charge in [0, 0.05) is 6.54 Å². The molecule has 106 valence electrons. The molecule has 4 nitrogen and oxygen atoms in total. The van der Waals surface area contributed by atoms with Gasteiger partial charge in [0.1, 0.15) is 5.75 Å². The van der Waals surface area contributed by atoms with Gasteiger partial charge in [-0.1, -0.05) is 19.1 Å². The Balaban J connectivity index is 2.84. The van der Waals surface area contributed by atoms with E-state index < -0.39 is 11.9 Å². The Labute approximate surface area is 114 Å². The van der Waals surface area contributed by atoms with Crippen molar-refractivity contribution in [1.82, 2.24) is 0 Å². The second kappa shape index (κ2) is 7.79. The van der Waals surface area contributed by atoms with Crippen LogP contribution in [0.4, 0.5) is 0 Å². The van der Waals surface area contributed by atoms with Gasteiger partial charge in [-0.25, -0.2) is 0 Å². The molecule has 2 atom stereocenters. The van der Waals surface area contributed by atoms with Crippen LogP contribution in [0.5, 0.6) is 5.75 Å². The summed E-state index contributed by atoms with van der Waals surface area (Å²) < 4.78 is 5.48. The third kappa shape index (κ3) is 4.56. The molecular weight excluding hydrogens is 242 g/mol. The predicted molar refractivity (Wildman–Crippen MR) is 75.4 cm³/mol. The van der Waals surface area contributed by atoms with E-state index in [9.17, 15) is 4.79 Å². The van der Waals surface area contributed by atoms with E-state index >= 15 is 0 Å². The molecule has 0 saturated heterocycles. The van der Waals surface area contributed by atoms with Gasteiger partial charge >= 0.3 is 5.97 Å². The number of nitrogens with two attached hydrogens (primary N) is 1. The van der Waals surface area contributed by atoms with Crippen LogP contribution in [0, 0.1) is 5.92 Å². The lowest BCUT2D eigenvalue weighted by molar-refractivity contribution is -0.141. The van der Waals surface area contributed by atoms with Gasteiger partial charge in [-0.15, -0.1) is 0 Å². The molecule has 19 heavy (non-hydrogen) atoms. The molecule has 1 aromatic carbocycles. The standard InChI is InChI=1S/C15H23NO3/c1-3-11(8-13(10-16)15(17)18)12-6-5-7-14(9-12)19-4-2/h5-7,9,11,13H,3-4,8,10,16H2,1-2H3,(H,17,18). The number of carboxylic acids is 1. The number of carbonyl (C=O) groups is 1. The maximum absolute atomic E-state index is 11.1. The van der Waals surface area contributed by atoms with Crippen molar-refractivity contribution >= 4 is 5.97 Å². The smallest absolute Gasteiger partial charge is 0.307 e. The zero-order chi connectivity index (χ0) is 14.3. The van der Waals surface area contributed by atoms with Crippen LogP contribution in [0.1, 0.15) is 38.2 Å². The fraction of sp³-hybridized carbons (Fsp3) is 0.533. The van der Waals surface area contributed by atoms with Crippen LogP contribution in [-0.4, -0.2) is 24.2 Å². The highest BCUT2D eigenvalue weighted by molar-refractivity contribution is 5.70. The second-order valence-electron chi connectivity index (χ2n) is 4.62. The Morgan fingerprint density at radius 2 is 2.16 bits per heavy atom. The number of hydrogen-bond acceptors (Lipinski definition) is 3. The zero-order valence-electron chi connectivity index (χ0n) is 11.6. The summed E-state index contributed by atoms with van der Waals surface area (Å²) in [5.41, 5.74) is 6.65. The van der Waals surface area contributed by atoms with Gasteiger partial charge in [-0.2, -0.15) is 0 Å². The average molecular weight is 265 g/mol. The van der Waals surface area contributed by atoms with E-state index in [0.717, 1.165) is 17.7 Å². The van der Waals surface area contributed by atoms with E-state index in [0.29, 0.717) is 13.0 Å². The zero-order valence-corrected chi connectivity index (χ0v) is 11.6. The number of rotatable bonds is 8. The normalized spacial score (nSPS) is 13.8. The maximum Gasteiger partial charge on any atom is 0.307 e. The topological polar surface area (TPSA) is 72.5 Å². The number of ether oxygens (including phenoxy) is 1. The highest BCUT2D eigenvalue weighted by Crippen LogP contribution is 2.29. The van der Waals surface area contributed by atoms with Crippen molar-refractivity contribution in [1.29, 1.82) is 0 Å². The molecule has 0 saturated carbocycles. The lowest BCUT2D eigenvalue weighted by Gasteiger charge is -2.20. The summed E-state index contributed by atoms with van der Waals surface area (Å²) in [5.74, 6) is -0.272. The molecule has 0 fully saturated rings. The Bertz CT molecular complexity index is 406. The molecule has 0 spiro atoms. The van der Waals surface area contributed by atoms with Gasteiger partial charge in [0.25, 0.3) is 0 Å². The molecule has 4 heteroatoms. The van der Waals surface area contributed by atoms with Crippen LogP contribution in [-0.2, 0) is 4.79 Å². The van der Waals surface area contributed by atoms with Crippen LogP contribution >= 0.6 is 0 Å². The van der Waals surface area contributed by atoms with Gasteiger partial charge in [-0.3, -0.25) is 4.79 Å². The van der Waals surface area contributed by atoms with Crippen molar-refractivity contribution in [3.05, 3.63) is 29.8 Å². The lowest BCUT2D eigenvalue weighted by atomic mass is 9.87. The van der Waals surface area contributed by atoms with Crippen LogP contribution < -0.4 is 10.5 Å². The van der Waals surface area contributed by atoms with Crippen LogP contribution in [0.2, 0.25) is 0 Å². The number of benzene rings is 1. The van der Waals surface area contributed by atoms with Crippen LogP contribution in [0.3, 0.4) is 0 Å². The third-order valence-electron chi connectivity index (χ3n) is 3.34. The Kier molecular flexibility index (Phi) is 6.36. The summed E-state index contributed by atoms with van der Waals surface area (Å²) in [6, 6.07) is 7.87. The van der Waals surface area contributed by atoms with Crippen molar-refractivity contribution in [3.8, 4) is 5.75 Å². The summed E-state index contributed by atoms with van der Waals surface area (Å²) in [7, 11) is 0. The highest BCUT2D eigenvalue weighted by Gasteiger charge is 2.21. The van der Waals surface area contributed by atoms with Crippen LogP contribution in [0.15, 0.2) is 24.3 Å². The summed E-state index contributed by atoms with van der Waals surface area (Å²) in [6.07, 6.45) is 1.46. The first-order chi connectivity index (χ1) is 9.12. The largest absolute Gasteiger partial charge is 0.494 e. The van der Waals surface area contributed by atoms with E-state index in [-0.39, 0.29) is 12.5 Å². The van der Waals surface area contributed by atoms with Gasteiger partial charge in [0.05, 0.1) is 12.5 Å². The minimum atomic E-state index is -0.818. The third-order valence-corrected chi connectivity index (χ3v) is 3.34. The molecule has 1 aromatic rings. The van der Waals surface area contributed by atoms with Crippen molar-refractivity contribution in [3.63, 3.8) is 0 Å². The summed E-state index contributed by atoms with van der Waals surface area (Å²) in [4.78, 5) is 11.1. The molecule has 0 amide bonds. The molecule has 0 aliphatic heterocycles. The highest BCUT2D eigenvalue weighted by atomic mass is 16.5. The molecule has 0 radical (unpaired) electrons. The predicted octanol–water partition coefficient (Wildman–Crippen LogP) is 2.63. The van der Waals surface area contributed by atoms with E-state index in [1.54, 1.807) is 0 Å². The van der Waals surface area contributed by atoms with Gasteiger partial charge in [-0.05, 0) is 43.4 Å². The van der Waals surface area contributed by atoms with Gasteiger partial charge in [0.2, 0.25) is 0 Å². The quantitative estimate of drug-likeness (QED) is 0.758. The second-order valence-corrected chi connectivity index (χ2v) is 4.62. The van der Waals surface area contributed by atoms with Gasteiger partial charge < -0.3 is 15.6 Å². The van der Waals surface area contributed by atoms with E-state index in [1.165, 1.54) is 0 Å². The maximum atomic E-state index is 11.1. The Hall–Kier alpha value is -1.55. The minimum Gasteiger partial charge on any atom is -0.494 e. The first-order valence-corrected chi connectivity index (χ1v) is 6.77. The summed E-state index contributed by atoms with van der Waals surface area (Å²) in [6.45, 7) is 4.81. The van der Waals surface area contributed by atoms with E-state index in [1.807, 2.05) is 31.2 Å². The SMILES string of the molecule is CCOc1cccc(C(CC)CC(CN)C(=O)O)c1. The molecule has 0 bridgehead atoms. The van der Waals surface area contributed by atoms with Crippen LogP contribution in [0.25, 0.3) is 0 Å². The number of carboxylic acid groups (broad SMARTS) is 1. The van der Waals surface area contributed by atoms with E-state index in [2.05, 4.69) is 6.92 Å². The Morgan fingerprint density at radius 3 is 2.68 bits per heavy atom. The molecule has 0 aliphatic carbocycles.